The number of halogens is 1. The Hall–Kier alpha value is -1.30. The fraction of sp³-hybridized carbons (Fsp3) is 0.308. The molecule has 0 spiro atoms. The number of thiophene rings is 1. The molecule has 2 aromatic heterocycles. The summed E-state index contributed by atoms with van der Waals surface area (Å²) in [6, 6.07) is 7.13. The van der Waals surface area contributed by atoms with Crippen LogP contribution in [0.2, 0.25) is 4.34 Å². The van der Waals surface area contributed by atoms with Gasteiger partial charge in [0.2, 0.25) is 0 Å². The number of nitrogens with one attached hydrogen (secondary N) is 1. The molecular formula is C13H15ClN2O2S. The number of hydrogen-bond acceptors (Lipinski definition) is 3. The van der Waals surface area contributed by atoms with Gasteiger partial charge in [-0.15, -0.1) is 11.3 Å². The average Bonchev–Trinajstić information content (AvgIpc) is 2.97. The molecule has 2 aromatic rings. The molecule has 1 atom stereocenters. The summed E-state index contributed by atoms with van der Waals surface area (Å²) in [4.78, 5) is 12.3. The van der Waals surface area contributed by atoms with Crippen molar-refractivity contribution >= 4 is 28.8 Å². The molecule has 0 saturated heterocycles. The summed E-state index contributed by atoms with van der Waals surface area (Å²) < 4.78 is 2.46. The molecule has 0 bridgehead atoms. The lowest BCUT2D eigenvalue weighted by atomic mass is 10.2. The molecule has 102 valence electrons. The minimum atomic E-state index is -0.577. The molecule has 1 amide bonds. The Kier molecular flexibility index (Phi) is 4.63. The molecule has 0 radical (unpaired) electrons. The summed E-state index contributed by atoms with van der Waals surface area (Å²) in [6.45, 7) is 0.417. The summed E-state index contributed by atoms with van der Waals surface area (Å²) in [5, 5.41) is 12.8. The van der Waals surface area contributed by atoms with Crippen molar-refractivity contribution in [3.8, 4) is 0 Å². The summed E-state index contributed by atoms with van der Waals surface area (Å²) in [5.74, 6) is -0.156. The molecule has 2 heterocycles. The highest BCUT2D eigenvalue weighted by Gasteiger charge is 2.12. The Morgan fingerprint density at radius 3 is 2.89 bits per heavy atom. The summed E-state index contributed by atoms with van der Waals surface area (Å²) >= 11 is 7.01. The van der Waals surface area contributed by atoms with Gasteiger partial charge in [0.25, 0.3) is 5.91 Å². The van der Waals surface area contributed by atoms with E-state index in [-0.39, 0.29) is 5.91 Å². The predicted octanol–water partition coefficient (Wildman–Crippen LogP) is 2.59. The molecule has 2 N–H and O–H groups in total. The highest BCUT2D eigenvalue weighted by Crippen LogP contribution is 2.21. The lowest BCUT2D eigenvalue weighted by Gasteiger charge is -2.12. The van der Waals surface area contributed by atoms with Crippen LogP contribution < -0.4 is 5.32 Å². The van der Waals surface area contributed by atoms with Gasteiger partial charge in [-0.05, 0) is 30.7 Å². The van der Waals surface area contributed by atoms with E-state index < -0.39 is 6.10 Å². The maximum absolute atomic E-state index is 11.7. The van der Waals surface area contributed by atoms with Crippen LogP contribution in [-0.4, -0.2) is 22.1 Å². The lowest BCUT2D eigenvalue weighted by molar-refractivity contribution is 0.0945. The van der Waals surface area contributed by atoms with Gasteiger partial charge in [0.1, 0.15) is 0 Å². The summed E-state index contributed by atoms with van der Waals surface area (Å²) in [6.07, 6.45) is 1.78. The number of aromatic nitrogens is 1. The van der Waals surface area contributed by atoms with Crippen molar-refractivity contribution in [2.45, 2.75) is 12.5 Å². The second kappa shape index (κ2) is 6.23. The Bertz CT molecular complexity index is 564. The number of amides is 1. The first-order chi connectivity index (χ1) is 9.08. The van der Waals surface area contributed by atoms with Crippen LogP contribution in [0.25, 0.3) is 0 Å². The molecule has 19 heavy (non-hydrogen) atoms. The summed E-state index contributed by atoms with van der Waals surface area (Å²) in [5.41, 5.74) is 0.841. The second-order valence-electron chi connectivity index (χ2n) is 4.21. The Morgan fingerprint density at radius 2 is 2.32 bits per heavy atom. The molecule has 6 heteroatoms. The van der Waals surface area contributed by atoms with E-state index in [9.17, 15) is 9.90 Å². The summed E-state index contributed by atoms with van der Waals surface area (Å²) in [7, 11) is 1.88. The standard InChI is InChI=1S/C13H15ClN2O2S/c1-16-8-2-3-9(16)10(17)6-7-15-13(18)11-4-5-12(14)19-11/h2-5,8,10,17H,6-7H2,1H3,(H,15,18)/t10-/m1/s1. The molecule has 0 aliphatic rings. The minimum absolute atomic E-state index is 0.156. The number of aliphatic hydroxyl groups excluding tert-OH is 1. The smallest absolute Gasteiger partial charge is 0.261 e. The fourth-order valence-electron chi connectivity index (χ4n) is 1.81. The van der Waals surface area contributed by atoms with E-state index >= 15 is 0 Å². The van der Waals surface area contributed by atoms with Gasteiger partial charge in [0, 0.05) is 25.5 Å². The first-order valence-electron chi connectivity index (χ1n) is 5.91. The second-order valence-corrected chi connectivity index (χ2v) is 5.92. The predicted molar refractivity (Wildman–Crippen MR) is 76.7 cm³/mol. The van der Waals surface area contributed by atoms with Gasteiger partial charge < -0.3 is 15.0 Å². The molecule has 0 saturated carbocycles. The number of hydrogen-bond donors (Lipinski definition) is 2. The van der Waals surface area contributed by atoms with Crippen LogP contribution in [0.1, 0.15) is 27.9 Å². The van der Waals surface area contributed by atoms with Gasteiger partial charge in [-0.2, -0.15) is 0 Å². The lowest BCUT2D eigenvalue weighted by Crippen LogP contribution is -2.25. The van der Waals surface area contributed by atoms with E-state index in [1.54, 1.807) is 12.1 Å². The van der Waals surface area contributed by atoms with Crippen LogP contribution in [0.5, 0.6) is 0 Å². The number of carbonyl (C=O) groups is 1. The highest BCUT2D eigenvalue weighted by atomic mass is 35.5. The van der Waals surface area contributed by atoms with Gasteiger partial charge in [0.15, 0.2) is 0 Å². The van der Waals surface area contributed by atoms with Crippen molar-refractivity contribution < 1.29 is 9.90 Å². The molecule has 0 aromatic carbocycles. The minimum Gasteiger partial charge on any atom is -0.387 e. The van der Waals surface area contributed by atoms with Gasteiger partial charge in [0.05, 0.1) is 15.3 Å². The van der Waals surface area contributed by atoms with Crippen LogP contribution in [0, 0.1) is 0 Å². The largest absolute Gasteiger partial charge is 0.387 e. The first-order valence-corrected chi connectivity index (χ1v) is 7.10. The third-order valence-electron chi connectivity index (χ3n) is 2.83. The zero-order valence-electron chi connectivity index (χ0n) is 10.5. The topological polar surface area (TPSA) is 54.3 Å². The van der Waals surface area contributed by atoms with E-state index in [1.165, 1.54) is 11.3 Å². The van der Waals surface area contributed by atoms with Crippen molar-refractivity contribution in [2.24, 2.45) is 7.05 Å². The third kappa shape index (κ3) is 3.59. The van der Waals surface area contributed by atoms with Gasteiger partial charge in [-0.25, -0.2) is 0 Å². The van der Waals surface area contributed by atoms with E-state index in [4.69, 9.17) is 11.6 Å². The quantitative estimate of drug-likeness (QED) is 0.891. The highest BCUT2D eigenvalue weighted by molar-refractivity contribution is 7.17. The SMILES string of the molecule is Cn1cccc1[C@H](O)CCNC(=O)c1ccc(Cl)s1. The molecule has 0 aliphatic heterocycles. The van der Waals surface area contributed by atoms with Crippen molar-refractivity contribution in [3.63, 3.8) is 0 Å². The molecule has 0 fully saturated rings. The van der Waals surface area contributed by atoms with E-state index in [0.29, 0.717) is 22.2 Å². The zero-order valence-corrected chi connectivity index (χ0v) is 12.0. The Balaban J connectivity index is 1.81. The van der Waals surface area contributed by atoms with Crippen molar-refractivity contribution in [1.82, 2.24) is 9.88 Å². The maximum atomic E-state index is 11.7. The maximum Gasteiger partial charge on any atom is 0.261 e. The zero-order chi connectivity index (χ0) is 13.8. The number of rotatable bonds is 5. The number of aryl methyl sites for hydroxylation is 1. The van der Waals surface area contributed by atoms with Crippen molar-refractivity contribution in [1.29, 1.82) is 0 Å². The van der Waals surface area contributed by atoms with Crippen LogP contribution in [0.4, 0.5) is 0 Å². The van der Waals surface area contributed by atoms with Gasteiger partial charge in [-0.1, -0.05) is 11.6 Å². The molecule has 0 unspecified atom stereocenters. The first kappa shape index (κ1) is 14.1. The molecule has 4 nitrogen and oxygen atoms in total. The van der Waals surface area contributed by atoms with Gasteiger partial charge >= 0.3 is 0 Å². The van der Waals surface area contributed by atoms with Crippen LogP contribution in [-0.2, 0) is 7.05 Å². The molecular weight excluding hydrogens is 284 g/mol. The fourth-order valence-corrected chi connectivity index (χ4v) is 2.77. The van der Waals surface area contributed by atoms with Crippen LogP contribution in [0.3, 0.4) is 0 Å². The normalized spacial score (nSPS) is 12.4. The number of aliphatic hydroxyl groups is 1. The van der Waals surface area contributed by atoms with Crippen LogP contribution in [0.15, 0.2) is 30.5 Å². The number of carbonyl (C=O) groups excluding carboxylic acids is 1. The average molecular weight is 299 g/mol. The third-order valence-corrected chi connectivity index (χ3v) is 4.06. The van der Waals surface area contributed by atoms with Crippen molar-refractivity contribution in [3.05, 3.63) is 45.4 Å². The van der Waals surface area contributed by atoms with Crippen molar-refractivity contribution in [2.75, 3.05) is 6.54 Å². The van der Waals surface area contributed by atoms with E-state index in [0.717, 1.165) is 5.69 Å². The van der Waals surface area contributed by atoms with E-state index in [1.807, 2.05) is 29.9 Å². The van der Waals surface area contributed by atoms with E-state index in [2.05, 4.69) is 5.32 Å². The molecule has 0 aliphatic carbocycles. The van der Waals surface area contributed by atoms with Crippen LogP contribution >= 0.6 is 22.9 Å². The molecule has 2 rings (SSSR count). The monoisotopic (exact) mass is 298 g/mol. The number of nitrogens with zero attached hydrogens (tertiary/aromatic N) is 1. The Morgan fingerprint density at radius 1 is 1.53 bits per heavy atom. The Labute approximate surface area is 120 Å². The van der Waals surface area contributed by atoms with Gasteiger partial charge in [-0.3, -0.25) is 4.79 Å².